The van der Waals surface area contributed by atoms with Gasteiger partial charge in [0, 0.05) is 18.9 Å². The van der Waals surface area contributed by atoms with Crippen molar-refractivity contribution in [2.45, 2.75) is 24.0 Å². The molecule has 2 aromatic rings. The average Bonchev–Trinajstić information content (AvgIpc) is 2.87. The summed E-state index contributed by atoms with van der Waals surface area (Å²) < 4.78 is 31.6. The van der Waals surface area contributed by atoms with Crippen LogP contribution in [0.5, 0.6) is 0 Å². The van der Waals surface area contributed by atoms with Crippen LogP contribution in [0.3, 0.4) is 0 Å². The number of nitrogens with zero attached hydrogens (tertiary/aromatic N) is 3. The van der Waals surface area contributed by atoms with E-state index in [2.05, 4.69) is 25.3 Å². The van der Waals surface area contributed by atoms with Crippen molar-refractivity contribution in [2.24, 2.45) is 0 Å². The van der Waals surface area contributed by atoms with E-state index >= 15 is 0 Å². The molecule has 2 heterocycles. The van der Waals surface area contributed by atoms with E-state index in [4.69, 9.17) is 0 Å². The van der Waals surface area contributed by atoms with Crippen molar-refractivity contribution in [1.29, 1.82) is 0 Å². The lowest BCUT2D eigenvalue weighted by molar-refractivity contribution is 0.590. The van der Waals surface area contributed by atoms with Gasteiger partial charge in [-0.1, -0.05) is 13.3 Å². The third-order valence-corrected chi connectivity index (χ3v) is 6.93. The molecule has 0 aliphatic rings. The number of pyridine rings is 1. The molecule has 0 aliphatic heterocycles. The van der Waals surface area contributed by atoms with E-state index in [1.54, 1.807) is 24.5 Å². The first-order valence-corrected chi connectivity index (χ1v) is 9.11. The predicted octanol–water partition coefficient (Wildman–Crippen LogP) is 3.30. The van der Waals surface area contributed by atoms with Crippen LogP contribution < -0.4 is 4.31 Å². The molecule has 0 unspecified atom stereocenters. The topological polar surface area (TPSA) is 63.2 Å². The maximum absolute atomic E-state index is 12.8. The Hall–Kier alpha value is -0.990. The Labute approximate surface area is 131 Å². The van der Waals surface area contributed by atoms with Crippen LogP contribution in [-0.4, -0.2) is 24.3 Å². The van der Waals surface area contributed by atoms with Crippen LogP contribution in [-0.2, 0) is 10.0 Å². The van der Waals surface area contributed by atoms with Crippen molar-refractivity contribution in [1.82, 2.24) is 9.36 Å². The molecule has 0 atom stereocenters. The van der Waals surface area contributed by atoms with Crippen LogP contribution in [0.4, 0.5) is 5.69 Å². The van der Waals surface area contributed by atoms with Crippen LogP contribution in [0.2, 0.25) is 0 Å². The van der Waals surface area contributed by atoms with Crippen molar-refractivity contribution < 1.29 is 8.42 Å². The van der Waals surface area contributed by atoms with Gasteiger partial charge < -0.3 is 0 Å². The SMILES string of the molecule is CCCCN(c1ccncc1)S(=O)(=O)c1sncc1Br. The summed E-state index contributed by atoms with van der Waals surface area (Å²) in [6, 6.07) is 3.39. The summed E-state index contributed by atoms with van der Waals surface area (Å²) in [6.07, 6.45) is 6.39. The van der Waals surface area contributed by atoms with E-state index in [-0.39, 0.29) is 4.21 Å². The number of hydrogen-bond acceptors (Lipinski definition) is 5. The molecule has 0 saturated carbocycles. The highest BCUT2D eigenvalue weighted by atomic mass is 79.9. The summed E-state index contributed by atoms with van der Waals surface area (Å²) in [5.74, 6) is 0. The van der Waals surface area contributed by atoms with Crippen LogP contribution in [0.1, 0.15) is 19.8 Å². The van der Waals surface area contributed by atoms with Gasteiger partial charge in [-0.3, -0.25) is 9.29 Å². The van der Waals surface area contributed by atoms with Crippen molar-refractivity contribution in [2.75, 3.05) is 10.8 Å². The summed E-state index contributed by atoms with van der Waals surface area (Å²) in [7, 11) is -3.60. The molecule has 8 heteroatoms. The number of aromatic nitrogens is 2. The molecule has 0 amide bonds. The smallest absolute Gasteiger partial charge is 0.265 e. The maximum atomic E-state index is 12.8. The Morgan fingerprint density at radius 3 is 2.60 bits per heavy atom. The zero-order valence-corrected chi connectivity index (χ0v) is 14.1. The third-order valence-electron chi connectivity index (χ3n) is 2.69. The van der Waals surface area contributed by atoms with Gasteiger partial charge in [-0.05, 0) is 46.0 Å². The summed E-state index contributed by atoms with van der Waals surface area (Å²) in [5.41, 5.74) is 0.619. The molecular formula is C12H14BrN3O2S2. The van der Waals surface area contributed by atoms with Crippen LogP contribution in [0.15, 0.2) is 39.4 Å². The van der Waals surface area contributed by atoms with Gasteiger partial charge in [-0.25, -0.2) is 8.42 Å². The lowest BCUT2D eigenvalue weighted by Gasteiger charge is -2.23. The second kappa shape index (κ2) is 6.64. The molecule has 2 rings (SSSR count). The van der Waals surface area contributed by atoms with E-state index in [1.165, 1.54) is 10.5 Å². The highest BCUT2D eigenvalue weighted by molar-refractivity contribution is 9.10. The molecular weight excluding hydrogens is 362 g/mol. The molecule has 20 heavy (non-hydrogen) atoms. The number of halogens is 1. The molecule has 0 saturated heterocycles. The Morgan fingerprint density at radius 1 is 1.35 bits per heavy atom. The average molecular weight is 376 g/mol. The van der Waals surface area contributed by atoms with Gasteiger partial charge in [0.05, 0.1) is 16.4 Å². The Balaban J connectivity index is 2.44. The predicted molar refractivity (Wildman–Crippen MR) is 83.5 cm³/mol. The molecule has 0 radical (unpaired) electrons. The van der Waals surface area contributed by atoms with Gasteiger partial charge >= 0.3 is 0 Å². The van der Waals surface area contributed by atoms with Gasteiger partial charge in [0.25, 0.3) is 10.0 Å². The number of anilines is 1. The molecule has 0 N–H and O–H groups in total. The Bertz CT molecular complexity index is 658. The van der Waals surface area contributed by atoms with E-state index in [0.29, 0.717) is 16.7 Å². The largest absolute Gasteiger partial charge is 0.276 e. The Morgan fingerprint density at radius 2 is 2.05 bits per heavy atom. The highest BCUT2D eigenvalue weighted by Gasteiger charge is 2.28. The number of sulfonamides is 1. The fourth-order valence-electron chi connectivity index (χ4n) is 1.69. The number of hydrogen-bond donors (Lipinski definition) is 0. The number of unbranched alkanes of at least 4 members (excludes halogenated alkanes) is 1. The van der Waals surface area contributed by atoms with Crippen molar-refractivity contribution in [3.05, 3.63) is 35.2 Å². The second-order valence-corrected chi connectivity index (χ2v) is 7.81. The first kappa shape index (κ1) is 15.4. The Kier molecular flexibility index (Phi) is 5.11. The van der Waals surface area contributed by atoms with Crippen molar-refractivity contribution >= 4 is 43.2 Å². The molecule has 108 valence electrons. The zero-order chi connectivity index (χ0) is 14.6. The molecule has 2 aromatic heterocycles. The van der Waals surface area contributed by atoms with Gasteiger partial charge in [0.1, 0.15) is 0 Å². The van der Waals surface area contributed by atoms with E-state index in [0.717, 1.165) is 24.4 Å². The normalized spacial score (nSPS) is 11.5. The maximum Gasteiger partial charge on any atom is 0.276 e. The second-order valence-electron chi connectivity index (χ2n) is 4.10. The standard InChI is InChI=1S/C12H14BrN3O2S2/c1-2-3-8-16(10-4-6-14-7-5-10)20(17,18)12-11(13)9-15-19-12/h4-7,9H,2-3,8H2,1H3. The summed E-state index contributed by atoms with van der Waals surface area (Å²) in [5, 5.41) is 0. The summed E-state index contributed by atoms with van der Waals surface area (Å²) >= 11 is 4.21. The lowest BCUT2D eigenvalue weighted by atomic mass is 10.3. The van der Waals surface area contributed by atoms with Crippen LogP contribution in [0, 0.1) is 0 Å². The van der Waals surface area contributed by atoms with E-state index in [1.807, 2.05) is 6.92 Å². The van der Waals surface area contributed by atoms with Gasteiger partial charge in [-0.2, -0.15) is 4.37 Å². The van der Waals surface area contributed by atoms with Crippen LogP contribution >= 0.6 is 27.5 Å². The molecule has 5 nitrogen and oxygen atoms in total. The summed E-state index contributed by atoms with van der Waals surface area (Å²) in [6.45, 7) is 2.47. The van der Waals surface area contributed by atoms with Crippen LogP contribution in [0.25, 0.3) is 0 Å². The van der Waals surface area contributed by atoms with Gasteiger partial charge in [0.15, 0.2) is 4.21 Å². The van der Waals surface area contributed by atoms with Gasteiger partial charge in [-0.15, -0.1) is 0 Å². The zero-order valence-electron chi connectivity index (χ0n) is 10.9. The fraction of sp³-hybridized carbons (Fsp3) is 0.333. The highest BCUT2D eigenvalue weighted by Crippen LogP contribution is 2.31. The van der Waals surface area contributed by atoms with E-state index < -0.39 is 10.0 Å². The molecule has 0 aromatic carbocycles. The van der Waals surface area contributed by atoms with E-state index in [9.17, 15) is 8.42 Å². The molecule has 0 fully saturated rings. The minimum absolute atomic E-state index is 0.227. The summed E-state index contributed by atoms with van der Waals surface area (Å²) in [4.78, 5) is 3.93. The lowest BCUT2D eigenvalue weighted by Crippen LogP contribution is -2.31. The van der Waals surface area contributed by atoms with Crippen molar-refractivity contribution in [3.8, 4) is 0 Å². The third kappa shape index (κ3) is 3.18. The monoisotopic (exact) mass is 375 g/mol. The molecule has 0 aliphatic carbocycles. The molecule has 0 bridgehead atoms. The van der Waals surface area contributed by atoms with Crippen molar-refractivity contribution in [3.63, 3.8) is 0 Å². The first-order chi connectivity index (χ1) is 9.57. The number of rotatable bonds is 6. The minimum Gasteiger partial charge on any atom is -0.265 e. The fourth-order valence-corrected chi connectivity index (χ4v) is 5.19. The molecule has 0 spiro atoms. The first-order valence-electron chi connectivity index (χ1n) is 6.10. The minimum atomic E-state index is -3.60. The quantitative estimate of drug-likeness (QED) is 0.776. The van der Waals surface area contributed by atoms with Gasteiger partial charge in [0.2, 0.25) is 0 Å².